The van der Waals surface area contributed by atoms with Gasteiger partial charge in [0, 0.05) is 31.9 Å². The van der Waals surface area contributed by atoms with E-state index in [1.165, 1.54) is 0 Å². The fraction of sp³-hybridized carbons (Fsp3) is 0.538. The van der Waals surface area contributed by atoms with Gasteiger partial charge in [-0.2, -0.15) is 10.3 Å². The molecule has 11 heteroatoms. The Bertz CT molecular complexity index is 643. The van der Waals surface area contributed by atoms with Crippen molar-refractivity contribution in [1.82, 2.24) is 35.3 Å². The van der Waals surface area contributed by atoms with Gasteiger partial charge in [0.25, 0.3) is 6.47 Å². The molecule has 1 unspecified atom stereocenters. The second kappa shape index (κ2) is 8.72. The third-order valence-corrected chi connectivity index (χ3v) is 3.59. The van der Waals surface area contributed by atoms with Crippen LogP contribution in [0.4, 0.5) is 0 Å². The van der Waals surface area contributed by atoms with E-state index in [0.29, 0.717) is 38.4 Å². The SMILES string of the molecule is Cn1nccc1CCC(=O)N1CCOC(c2nn[nH]n2)C1.O=CO. The first-order valence-electron chi connectivity index (χ1n) is 7.33. The Hall–Kier alpha value is -2.82. The summed E-state index contributed by atoms with van der Waals surface area (Å²) >= 11 is 0. The van der Waals surface area contributed by atoms with Gasteiger partial charge in [0.15, 0.2) is 0 Å². The van der Waals surface area contributed by atoms with E-state index in [1.807, 2.05) is 13.1 Å². The molecule has 0 saturated carbocycles. The minimum absolute atomic E-state index is 0.105. The van der Waals surface area contributed by atoms with Gasteiger partial charge in [-0.3, -0.25) is 14.3 Å². The van der Waals surface area contributed by atoms with E-state index in [2.05, 4.69) is 25.7 Å². The molecule has 1 saturated heterocycles. The van der Waals surface area contributed by atoms with Gasteiger partial charge in [0.05, 0.1) is 13.2 Å². The molecule has 2 aromatic rings. The zero-order valence-corrected chi connectivity index (χ0v) is 13.2. The molecule has 1 fully saturated rings. The standard InChI is InChI=1S/C12H17N7O2.CH2O2/c1-18-9(4-5-13-18)2-3-11(20)19-6-7-21-10(8-19)12-14-16-17-15-12;2-1-3/h4-5,10H,2-3,6-8H2,1H3,(H,14,15,16,17);1H,(H,2,3). The Balaban J connectivity index is 0.000000647. The highest BCUT2D eigenvalue weighted by atomic mass is 16.5. The molecule has 0 aromatic carbocycles. The zero-order valence-electron chi connectivity index (χ0n) is 13.2. The lowest BCUT2D eigenvalue weighted by atomic mass is 10.2. The van der Waals surface area contributed by atoms with E-state index in [4.69, 9.17) is 14.6 Å². The number of aromatic amines is 1. The molecule has 0 aliphatic carbocycles. The number of nitrogens with one attached hydrogen (secondary N) is 1. The second-order valence-corrected chi connectivity index (χ2v) is 5.02. The lowest BCUT2D eigenvalue weighted by molar-refractivity contribution is -0.139. The highest BCUT2D eigenvalue weighted by Crippen LogP contribution is 2.18. The van der Waals surface area contributed by atoms with Crippen LogP contribution in [0.15, 0.2) is 12.3 Å². The molecule has 11 nitrogen and oxygen atoms in total. The van der Waals surface area contributed by atoms with Gasteiger partial charge < -0.3 is 14.7 Å². The molecule has 0 radical (unpaired) electrons. The normalized spacial score (nSPS) is 17.0. The zero-order chi connectivity index (χ0) is 17.4. The van der Waals surface area contributed by atoms with Gasteiger partial charge >= 0.3 is 0 Å². The highest BCUT2D eigenvalue weighted by molar-refractivity contribution is 5.76. The largest absolute Gasteiger partial charge is 0.483 e. The lowest BCUT2D eigenvalue weighted by Crippen LogP contribution is -2.42. The predicted octanol–water partition coefficient (Wildman–Crippen LogP) is -0.833. The number of rotatable bonds is 4. The molecule has 1 aliphatic rings. The van der Waals surface area contributed by atoms with E-state index >= 15 is 0 Å². The number of aryl methyl sites for hydroxylation is 2. The first-order chi connectivity index (χ1) is 11.7. The molecule has 24 heavy (non-hydrogen) atoms. The number of carboxylic acid groups (broad SMARTS) is 1. The summed E-state index contributed by atoms with van der Waals surface area (Å²) in [5.41, 5.74) is 1.05. The van der Waals surface area contributed by atoms with Gasteiger partial charge in [-0.05, 0) is 12.5 Å². The summed E-state index contributed by atoms with van der Waals surface area (Å²) in [7, 11) is 1.88. The number of ether oxygens (including phenoxy) is 1. The van der Waals surface area contributed by atoms with Crippen LogP contribution in [0.3, 0.4) is 0 Å². The van der Waals surface area contributed by atoms with E-state index in [1.54, 1.807) is 15.8 Å². The summed E-state index contributed by atoms with van der Waals surface area (Å²) in [5.74, 6) is 0.590. The first kappa shape index (κ1) is 17.5. The van der Waals surface area contributed by atoms with Crippen molar-refractivity contribution >= 4 is 12.4 Å². The number of hydrogen-bond donors (Lipinski definition) is 2. The lowest BCUT2D eigenvalue weighted by Gasteiger charge is -2.31. The van der Waals surface area contributed by atoms with Crippen molar-refractivity contribution in [2.45, 2.75) is 18.9 Å². The molecule has 0 bridgehead atoms. The Kier molecular flexibility index (Phi) is 6.37. The number of amides is 1. The highest BCUT2D eigenvalue weighted by Gasteiger charge is 2.27. The Morgan fingerprint density at radius 1 is 1.58 bits per heavy atom. The van der Waals surface area contributed by atoms with Crippen LogP contribution in [0, 0.1) is 0 Å². The van der Waals surface area contributed by atoms with Crippen LogP contribution in [0.5, 0.6) is 0 Å². The van der Waals surface area contributed by atoms with Crippen LogP contribution < -0.4 is 0 Å². The maximum absolute atomic E-state index is 12.3. The topological polar surface area (TPSA) is 139 Å². The fourth-order valence-electron chi connectivity index (χ4n) is 2.38. The predicted molar refractivity (Wildman–Crippen MR) is 79.7 cm³/mol. The van der Waals surface area contributed by atoms with Crippen LogP contribution >= 0.6 is 0 Å². The monoisotopic (exact) mass is 337 g/mol. The summed E-state index contributed by atoms with van der Waals surface area (Å²) in [6.07, 6.45) is 2.57. The van der Waals surface area contributed by atoms with Crippen molar-refractivity contribution in [3.8, 4) is 0 Å². The van der Waals surface area contributed by atoms with Crippen molar-refractivity contribution < 1.29 is 19.4 Å². The van der Waals surface area contributed by atoms with Crippen LogP contribution in [0.25, 0.3) is 0 Å². The molecule has 1 amide bonds. The average Bonchev–Trinajstić information content (AvgIpc) is 3.25. The average molecular weight is 337 g/mol. The van der Waals surface area contributed by atoms with Crippen molar-refractivity contribution in [2.75, 3.05) is 19.7 Å². The summed E-state index contributed by atoms with van der Waals surface area (Å²) in [5, 5.41) is 24.7. The third kappa shape index (κ3) is 4.59. The number of morpholine rings is 1. The van der Waals surface area contributed by atoms with Crippen molar-refractivity contribution in [2.24, 2.45) is 7.05 Å². The van der Waals surface area contributed by atoms with Crippen LogP contribution in [-0.4, -0.2) is 72.5 Å². The number of aromatic nitrogens is 6. The number of tetrazole rings is 1. The molecule has 0 spiro atoms. The van der Waals surface area contributed by atoms with Gasteiger partial charge in [0.2, 0.25) is 11.7 Å². The molecule has 2 aromatic heterocycles. The smallest absolute Gasteiger partial charge is 0.290 e. The van der Waals surface area contributed by atoms with Gasteiger partial charge in [-0.25, -0.2) is 0 Å². The molecule has 3 heterocycles. The van der Waals surface area contributed by atoms with E-state index in [-0.39, 0.29) is 18.5 Å². The number of H-pyrrole nitrogens is 1. The van der Waals surface area contributed by atoms with E-state index in [9.17, 15) is 4.79 Å². The van der Waals surface area contributed by atoms with Crippen molar-refractivity contribution in [3.63, 3.8) is 0 Å². The molecule has 3 rings (SSSR count). The maximum atomic E-state index is 12.3. The van der Waals surface area contributed by atoms with Gasteiger partial charge in [-0.15, -0.1) is 10.2 Å². The van der Waals surface area contributed by atoms with Crippen LogP contribution in [0.1, 0.15) is 24.0 Å². The summed E-state index contributed by atoms with van der Waals surface area (Å²) < 4.78 is 7.37. The maximum Gasteiger partial charge on any atom is 0.290 e. The minimum Gasteiger partial charge on any atom is -0.483 e. The van der Waals surface area contributed by atoms with Crippen molar-refractivity contribution in [1.29, 1.82) is 0 Å². The number of hydrogen-bond acceptors (Lipinski definition) is 7. The van der Waals surface area contributed by atoms with Crippen LogP contribution in [0.2, 0.25) is 0 Å². The Labute approximate surface area is 137 Å². The number of nitrogens with zero attached hydrogens (tertiary/aromatic N) is 6. The van der Waals surface area contributed by atoms with Crippen LogP contribution in [-0.2, 0) is 27.8 Å². The summed E-state index contributed by atoms with van der Waals surface area (Å²) in [4.78, 5) is 22.4. The molecule has 1 aliphatic heterocycles. The number of carbonyl (C=O) groups excluding carboxylic acids is 1. The summed E-state index contributed by atoms with van der Waals surface area (Å²) in [6, 6.07) is 1.93. The number of carbonyl (C=O) groups is 2. The second-order valence-electron chi connectivity index (χ2n) is 5.02. The molecular formula is C13H19N7O4. The fourth-order valence-corrected chi connectivity index (χ4v) is 2.38. The summed E-state index contributed by atoms with van der Waals surface area (Å²) in [6.45, 7) is 1.29. The molecule has 130 valence electrons. The molecule has 2 N–H and O–H groups in total. The van der Waals surface area contributed by atoms with E-state index < -0.39 is 0 Å². The Morgan fingerprint density at radius 2 is 2.38 bits per heavy atom. The van der Waals surface area contributed by atoms with Gasteiger partial charge in [0.1, 0.15) is 6.10 Å². The third-order valence-electron chi connectivity index (χ3n) is 3.59. The van der Waals surface area contributed by atoms with Crippen molar-refractivity contribution in [3.05, 3.63) is 23.8 Å². The Morgan fingerprint density at radius 3 is 3.00 bits per heavy atom. The van der Waals surface area contributed by atoms with Gasteiger partial charge in [-0.1, -0.05) is 5.21 Å². The van der Waals surface area contributed by atoms with E-state index in [0.717, 1.165) is 5.69 Å². The molecular weight excluding hydrogens is 318 g/mol. The quantitative estimate of drug-likeness (QED) is 0.689. The molecule has 1 atom stereocenters. The first-order valence-corrected chi connectivity index (χ1v) is 7.33. The minimum atomic E-state index is -0.307.